The van der Waals surface area contributed by atoms with Crippen LogP contribution in [0.15, 0.2) is 30.6 Å². The highest BCUT2D eigenvalue weighted by Gasteiger charge is 2.43. The van der Waals surface area contributed by atoms with E-state index < -0.39 is 6.04 Å². The van der Waals surface area contributed by atoms with Gasteiger partial charge < -0.3 is 9.47 Å². The fraction of sp³-hybridized carbons (Fsp3) is 0.400. The third-order valence-electron chi connectivity index (χ3n) is 6.73. The number of likely N-dealkylation sites (N-methyl/N-ethyl adjacent to an activating group) is 1. The second kappa shape index (κ2) is 8.02. The van der Waals surface area contributed by atoms with Crippen molar-refractivity contribution in [1.29, 1.82) is 0 Å². The number of nitrogens with zero attached hydrogens (tertiary/aromatic N) is 7. The Hall–Kier alpha value is -3.59. The van der Waals surface area contributed by atoms with E-state index >= 15 is 0 Å². The number of hydrogen-bond acceptors (Lipinski definition) is 6. The molecule has 0 bridgehead atoms. The maximum absolute atomic E-state index is 13.2. The molecule has 0 radical (unpaired) electrons. The van der Waals surface area contributed by atoms with Gasteiger partial charge in [0.25, 0.3) is 11.8 Å². The lowest BCUT2D eigenvalue weighted by atomic mass is 10.0. The molecule has 176 valence electrons. The first-order valence-corrected chi connectivity index (χ1v) is 11.5. The largest absolute Gasteiger partial charge is 0.328 e. The lowest BCUT2D eigenvalue weighted by Crippen LogP contribution is -2.37. The van der Waals surface area contributed by atoms with Gasteiger partial charge in [0, 0.05) is 18.8 Å². The Morgan fingerprint density at radius 2 is 1.65 bits per heavy atom. The Morgan fingerprint density at radius 1 is 1.00 bits per heavy atom. The van der Waals surface area contributed by atoms with Crippen molar-refractivity contribution in [3.05, 3.63) is 58.8 Å². The number of aromatic nitrogens is 5. The van der Waals surface area contributed by atoms with E-state index in [4.69, 9.17) is 15.1 Å². The molecule has 1 unspecified atom stereocenters. The number of rotatable bonds is 6. The summed E-state index contributed by atoms with van der Waals surface area (Å²) in [4.78, 5) is 39.5. The summed E-state index contributed by atoms with van der Waals surface area (Å²) in [5.74, 6) is -0.237. The molecule has 9 nitrogen and oxygen atoms in total. The van der Waals surface area contributed by atoms with Crippen LogP contribution in [0.3, 0.4) is 0 Å². The Labute approximate surface area is 198 Å². The standard InChI is InChI=1S/C25H29N7O2/c1-14(2)20(32-24(33)17-9-7-8-10-18(17)25(32)34)21-27-23-19-15(3)16(4)30(12-11-29(5)6)22(19)26-13-31(23)28-21/h7-10,13-14,20H,11-12H2,1-6H3. The lowest BCUT2D eigenvalue weighted by Gasteiger charge is -2.26. The molecular formula is C25H29N7O2. The second-order valence-corrected chi connectivity index (χ2v) is 9.56. The first-order valence-electron chi connectivity index (χ1n) is 11.5. The zero-order chi connectivity index (χ0) is 24.3. The van der Waals surface area contributed by atoms with Crippen molar-refractivity contribution in [3.63, 3.8) is 0 Å². The van der Waals surface area contributed by atoms with Gasteiger partial charge in [0.2, 0.25) is 0 Å². The Morgan fingerprint density at radius 3 is 2.24 bits per heavy atom. The van der Waals surface area contributed by atoms with Crippen molar-refractivity contribution in [2.45, 2.75) is 40.3 Å². The summed E-state index contributed by atoms with van der Waals surface area (Å²) < 4.78 is 3.87. The Kier molecular flexibility index (Phi) is 5.24. The number of carbonyl (C=O) groups is 2. The van der Waals surface area contributed by atoms with E-state index in [0.29, 0.717) is 22.6 Å². The average molecular weight is 460 g/mol. The predicted molar refractivity (Wildman–Crippen MR) is 129 cm³/mol. The van der Waals surface area contributed by atoms with Crippen LogP contribution in [0.4, 0.5) is 0 Å². The summed E-state index contributed by atoms with van der Waals surface area (Å²) in [6.45, 7) is 9.82. The summed E-state index contributed by atoms with van der Waals surface area (Å²) in [6, 6.07) is 6.35. The minimum atomic E-state index is -0.584. The molecule has 0 saturated carbocycles. The van der Waals surface area contributed by atoms with Crippen LogP contribution >= 0.6 is 0 Å². The van der Waals surface area contributed by atoms with Crippen LogP contribution in [0.2, 0.25) is 0 Å². The van der Waals surface area contributed by atoms with Gasteiger partial charge in [-0.25, -0.2) is 14.5 Å². The predicted octanol–water partition coefficient (Wildman–Crippen LogP) is 3.25. The molecule has 1 atom stereocenters. The molecule has 1 aliphatic rings. The average Bonchev–Trinajstić information content (AvgIpc) is 3.40. The molecule has 0 N–H and O–H groups in total. The van der Waals surface area contributed by atoms with Crippen LogP contribution in [0.25, 0.3) is 16.7 Å². The quantitative estimate of drug-likeness (QED) is 0.411. The molecule has 0 aliphatic carbocycles. The van der Waals surface area contributed by atoms with Crippen LogP contribution in [0.1, 0.15) is 57.7 Å². The van der Waals surface area contributed by atoms with E-state index in [0.717, 1.165) is 35.4 Å². The monoisotopic (exact) mass is 459 g/mol. The summed E-state index contributed by atoms with van der Waals surface area (Å²) in [7, 11) is 4.10. The minimum Gasteiger partial charge on any atom is -0.328 e. The number of aryl methyl sites for hydroxylation is 1. The zero-order valence-corrected chi connectivity index (χ0v) is 20.4. The van der Waals surface area contributed by atoms with E-state index in [2.05, 4.69) is 37.4 Å². The molecule has 3 aromatic heterocycles. The normalized spacial score (nSPS) is 14.9. The molecule has 0 spiro atoms. The third-order valence-corrected chi connectivity index (χ3v) is 6.73. The second-order valence-electron chi connectivity index (χ2n) is 9.56. The van der Waals surface area contributed by atoms with Crippen molar-refractivity contribution in [3.8, 4) is 0 Å². The van der Waals surface area contributed by atoms with Gasteiger partial charge in [-0.1, -0.05) is 26.0 Å². The first kappa shape index (κ1) is 22.2. The van der Waals surface area contributed by atoms with E-state index in [-0.39, 0.29) is 17.7 Å². The number of benzene rings is 1. The number of amides is 2. The van der Waals surface area contributed by atoms with Gasteiger partial charge >= 0.3 is 0 Å². The molecule has 2 amide bonds. The van der Waals surface area contributed by atoms with Gasteiger partial charge in [-0.05, 0) is 51.6 Å². The molecule has 4 heterocycles. The molecule has 0 saturated heterocycles. The van der Waals surface area contributed by atoms with Crippen molar-refractivity contribution in [2.24, 2.45) is 5.92 Å². The van der Waals surface area contributed by atoms with Crippen LogP contribution in [0, 0.1) is 19.8 Å². The fourth-order valence-corrected chi connectivity index (χ4v) is 4.82. The molecule has 9 heteroatoms. The fourth-order valence-electron chi connectivity index (χ4n) is 4.82. The highest BCUT2D eigenvalue weighted by atomic mass is 16.2. The van der Waals surface area contributed by atoms with E-state index in [1.807, 2.05) is 13.8 Å². The Balaban J connectivity index is 1.64. The third kappa shape index (κ3) is 3.22. The SMILES string of the molecule is Cc1c(C)n(CCN(C)C)c2ncn3nc(C(C(C)C)N4C(=O)c5ccccc5C4=O)nc3c12. The minimum absolute atomic E-state index is 0.0735. The highest BCUT2D eigenvalue weighted by Crippen LogP contribution is 2.35. The maximum atomic E-state index is 13.2. The number of carbonyl (C=O) groups excluding carboxylic acids is 2. The number of imide groups is 1. The van der Waals surface area contributed by atoms with Gasteiger partial charge in [0.15, 0.2) is 11.5 Å². The van der Waals surface area contributed by atoms with Crippen molar-refractivity contribution in [2.75, 3.05) is 20.6 Å². The van der Waals surface area contributed by atoms with E-state index in [1.54, 1.807) is 35.1 Å². The topological polar surface area (TPSA) is 88.6 Å². The van der Waals surface area contributed by atoms with Gasteiger partial charge in [-0.3, -0.25) is 14.5 Å². The zero-order valence-electron chi connectivity index (χ0n) is 20.4. The van der Waals surface area contributed by atoms with Crippen molar-refractivity contribution in [1.82, 2.24) is 33.9 Å². The van der Waals surface area contributed by atoms with Crippen LogP contribution in [0.5, 0.6) is 0 Å². The van der Waals surface area contributed by atoms with Gasteiger partial charge in [-0.15, -0.1) is 5.10 Å². The summed E-state index contributed by atoms with van der Waals surface area (Å²) in [5, 5.41) is 5.64. The van der Waals surface area contributed by atoms with E-state index in [9.17, 15) is 9.59 Å². The number of hydrogen-bond donors (Lipinski definition) is 0. The van der Waals surface area contributed by atoms with Gasteiger partial charge in [-0.2, -0.15) is 0 Å². The highest BCUT2D eigenvalue weighted by molar-refractivity contribution is 6.21. The van der Waals surface area contributed by atoms with Gasteiger partial charge in [0.05, 0.1) is 16.5 Å². The molecule has 1 aliphatic heterocycles. The number of fused-ring (bicyclic) bond motifs is 4. The van der Waals surface area contributed by atoms with Crippen molar-refractivity contribution >= 4 is 28.5 Å². The first-order chi connectivity index (χ1) is 16.2. The lowest BCUT2D eigenvalue weighted by molar-refractivity contribution is 0.0529. The van der Waals surface area contributed by atoms with Crippen molar-refractivity contribution < 1.29 is 9.59 Å². The smallest absolute Gasteiger partial charge is 0.262 e. The molecule has 5 rings (SSSR count). The molecule has 0 fully saturated rings. The maximum Gasteiger partial charge on any atom is 0.262 e. The molecular weight excluding hydrogens is 430 g/mol. The molecule has 34 heavy (non-hydrogen) atoms. The van der Waals surface area contributed by atoms with Crippen LogP contribution in [-0.2, 0) is 6.54 Å². The Bertz CT molecular complexity index is 1410. The summed E-state index contributed by atoms with van der Waals surface area (Å²) in [6.07, 6.45) is 1.67. The molecule has 1 aromatic carbocycles. The summed E-state index contributed by atoms with van der Waals surface area (Å²) >= 11 is 0. The summed E-state index contributed by atoms with van der Waals surface area (Å²) in [5.41, 5.74) is 4.65. The molecule has 4 aromatic rings. The van der Waals surface area contributed by atoms with E-state index in [1.165, 1.54) is 4.90 Å². The van der Waals surface area contributed by atoms with Crippen LogP contribution in [-0.4, -0.2) is 66.4 Å². The van der Waals surface area contributed by atoms with Crippen LogP contribution < -0.4 is 0 Å². The van der Waals surface area contributed by atoms with Gasteiger partial charge in [0.1, 0.15) is 18.0 Å².